The van der Waals surface area contributed by atoms with Gasteiger partial charge in [0.1, 0.15) is 11.9 Å². The fraction of sp³-hybridized carbons (Fsp3) is 0.217. The first kappa shape index (κ1) is 18.9. The molecule has 0 aliphatic heterocycles. The van der Waals surface area contributed by atoms with E-state index < -0.39 is 11.9 Å². The minimum absolute atomic E-state index is 0.143. The Morgan fingerprint density at radius 3 is 2.66 bits per heavy atom. The Morgan fingerprint density at radius 1 is 1.07 bits per heavy atom. The zero-order chi connectivity index (χ0) is 20.2. The summed E-state index contributed by atoms with van der Waals surface area (Å²) in [4.78, 5) is 25.5. The van der Waals surface area contributed by atoms with E-state index in [0.29, 0.717) is 24.8 Å². The topological polar surface area (TPSA) is 71.3 Å². The number of fused-ring (bicyclic) bond motifs is 1. The molecule has 0 radical (unpaired) electrons. The Morgan fingerprint density at radius 2 is 1.90 bits per heavy atom. The van der Waals surface area contributed by atoms with E-state index in [9.17, 15) is 14.0 Å². The highest BCUT2D eigenvalue weighted by Gasteiger charge is 2.30. The van der Waals surface area contributed by atoms with Gasteiger partial charge >= 0.3 is 0 Å². The molecule has 6 heteroatoms. The molecular formula is C23H21FN2O3. The van der Waals surface area contributed by atoms with Crippen molar-refractivity contribution in [1.82, 2.24) is 10.6 Å². The number of carbonyl (C=O) groups excluding carboxylic acids is 2. The van der Waals surface area contributed by atoms with Crippen molar-refractivity contribution in [3.8, 4) is 0 Å². The minimum atomic E-state index is -0.785. The summed E-state index contributed by atoms with van der Waals surface area (Å²) in [5.41, 5.74) is 2.37. The van der Waals surface area contributed by atoms with Gasteiger partial charge in [-0.05, 0) is 47.7 Å². The SMILES string of the molecule is O=C(NC(Cc1ccccc1)C(=O)NC1CCc2c(F)cccc21)c1ccco1. The second-order valence-electron chi connectivity index (χ2n) is 7.10. The van der Waals surface area contributed by atoms with E-state index in [4.69, 9.17) is 4.42 Å². The number of hydrogen-bond acceptors (Lipinski definition) is 3. The summed E-state index contributed by atoms with van der Waals surface area (Å²) >= 11 is 0. The maximum Gasteiger partial charge on any atom is 0.287 e. The fourth-order valence-electron chi connectivity index (χ4n) is 3.73. The van der Waals surface area contributed by atoms with Gasteiger partial charge < -0.3 is 15.1 Å². The molecule has 2 unspecified atom stereocenters. The van der Waals surface area contributed by atoms with Crippen molar-refractivity contribution < 1.29 is 18.4 Å². The van der Waals surface area contributed by atoms with Crippen LogP contribution < -0.4 is 10.6 Å². The summed E-state index contributed by atoms with van der Waals surface area (Å²) in [6.45, 7) is 0. The van der Waals surface area contributed by atoms with Gasteiger partial charge in [0, 0.05) is 6.42 Å². The number of amides is 2. The number of benzene rings is 2. The third-order valence-corrected chi connectivity index (χ3v) is 5.18. The van der Waals surface area contributed by atoms with E-state index in [1.807, 2.05) is 36.4 Å². The zero-order valence-corrected chi connectivity index (χ0v) is 15.7. The Balaban J connectivity index is 1.52. The fourth-order valence-corrected chi connectivity index (χ4v) is 3.73. The van der Waals surface area contributed by atoms with E-state index >= 15 is 0 Å². The molecule has 148 valence electrons. The highest BCUT2D eigenvalue weighted by molar-refractivity contribution is 5.95. The molecule has 2 atom stereocenters. The molecule has 1 heterocycles. The second-order valence-corrected chi connectivity index (χ2v) is 7.10. The maximum atomic E-state index is 14.0. The van der Waals surface area contributed by atoms with Crippen molar-refractivity contribution in [3.63, 3.8) is 0 Å². The van der Waals surface area contributed by atoms with E-state index in [-0.39, 0.29) is 23.5 Å². The van der Waals surface area contributed by atoms with E-state index in [2.05, 4.69) is 10.6 Å². The monoisotopic (exact) mass is 392 g/mol. The normalized spacial score (nSPS) is 16.1. The lowest BCUT2D eigenvalue weighted by Gasteiger charge is -2.21. The van der Waals surface area contributed by atoms with Crippen LogP contribution in [-0.2, 0) is 17.6 Å². The Bertz CT molecular complexity index is 1000. The van der Waals surface area contributed by atoms with Gasteiger partial charge in [-0.15, -0.1) is 0 Å². The second kappa shape index (κ2) is 8.31. The van der Waals surface area contributed by atoms with E-state index in [0.717, 1.165) is 11.1 Å². The molecule has 0 saturated heterocycles. The first-order chi connectivity index (χ1) is 14.1. The van der Waals surface area contributed by atoms with Gasteiger partial charge in [-0.3, -0.25) is 9.59 Å². The molecule has 0 saturated carbocycles. The molecule has 4 rings (SSSR count). The van der Waals surface area contributed by atoms with Gasteiger partial charge in [-0.1, -0.05) is 42.5 Å². The van der Waals surface area contributed by atoms with Gasteiger partial charge in [-0.25, -0.2) is 4.39 Å². The lowest BCUT2D eigenvalue weighted by molar-refractivity contribution is -0.123. The summed E-state index contributed by atoms with van der Waals surface area (Å²) in [5.74, 6) is -0.866. The van der Waals surface area contributed by atoms with Crippen LogP contribution in [0.15, 0.2) is 71.3 Å². The molecule has 0 fully saturated rings. The van der Waals surface area contributed by atoms with Crippen molar-refractivity contribution in [2.45, 2.75) is 31.3 Å². The van der Waals surface area contributed by atoms with Gasteiger partial charge in [-0.2, -0.15) is 0 Å². The predicted molar refractivity (Wildman–Crippen MR) is 106 cm³/mol. The van der Waals surface area contributed by atoms with Gasteiger partial charge in [0.15, 0.2) is 5.76 Å². The molecule has 2 amide bonds. The average molecular weight is 392 g/mol. The minimum Gasteiger partial charge on any atom is -0.459 e. The number of nitrogens with one attached hydrogen (secondary N) is 2. The number of hydrogen-bond donors (Lipinski definition) is 2. The van der Waals surface area contributed by atoms with Crippen LogP contribution in [0.25, 0.3) is 0 Å². The molecule has 1 aliphatic carbocycles. The van der Waals surface area contributed by atoms with Crippen LogP contribution in [0, 0.1) is 5.82 Å². The summed E-state index contributed by atoms with van der Waals surface area (Å²) in [6.07, 6.45) is 2.95. The van der Waals surface area contributed by atoms with Crippen LogP contribution >= 0.6 is 0 Å². The van der Waals surface area contributed by atoms with Crippen LogP contribution in [0.1, 0.15) is 39.7 Å². The van der Waals surface area contributed by atoms with Crippen LogP contribution in [0.3, 0.4) is 0 Å². The standard InChI is InChI=1S/C23H21FN2O3/c24-18-9-4-8-17-16(18)11-12-19(17)25-22(27)20(14-15-6-2-1-3-7-15)26-23(28)21-10-5-13-29-21/h1-10,13,19-20H,11-12,14H2,(H,25,27)(H,26,28). The van der Waals surface area contributed by atoms with Crippen LogP contribution in [-0.4, -0.2) is 17.9 Å². The highest BCUT2D eigenvalue weighted by atomic mass is 19.1. The molecule has 5 nitrogen and oxygen atoms in total. The lowest BCUT2D eigenvalue weighted by atomic mass is 10.0. The van der Waals surface area contributed by atoms with Crippen molar-refractivity contribution in [3.05, 3.63) is 95.2 Å². The lowest BCUT2D eigenvalue weighted by Crippen LogP contribution is -2.48. The quantitative estimate of drug-likeness (QED) is 0.674. The van der Waals surface area contributed by atoms with E-state index in [1.54, 1.807) is 18.2 Å². The van der Waals surface area contributed by atoms with Crippen molar-refractivity contribution >= 4 is 11.8 Å². The summed E-state index contributed by atoms with van der Waals surface area (Å²) in [6, 6.07) is 16.5. The molecule has 2 aromatic carbocycles. The predicted octanol–water partition coefficient (Wildman–Crippen LogP) is 3.56. The Kier molecular flexibility index (Phi) is 5.42. The third kappa shape index (κ3) is 4.21. The first-order valence-corrected chi connectivity index (χ1v) is 9.58. The first-order valence-electron chi connectivity index (χ1n) is 9.58. The Labute approximate surface area is 167 Å². The number of halogens is 1. The van der Waals surface area contributed by atoms with Gasteiger partial charge in [0.2, 0.25) is 5.91 Å². The van der Waals surface area contributed by atoms with Gasteiger partial charge in [0.25, 0.3) is 5.91 Å². The largest absolute Gasteiger partial charge is 0.459 e. The van der Waals surface area contributed by atoms with Crippen LogP contribution in [0.4, 0.5) is 4.39 Å². The molecule has 2 N–H and O–H groups in total. The summed E-state index contributed by atoms with van der Waals surface area (Å²) < 4.78 is 19.1. The average Bonchev–Trinajstić information content (AvgIpc) is 3.40. The smallest absolute Gasteiger partial charge is 0.287 e. The van der Waals surface area contributed by atoms with Crippen molar-refractivity contribution in [1.29, 1.82) is 0 Å². The number of rotatable bonds is 6. The van der Waals surface area contributed by atoms with Gasteiger partial charge in [0.05, 0.1) is 12.3 Å². The zero-order valence-electron chi connectivity index (χ0n) is 15.7. The van der Waals surface area contributed by atoms with Crippen molar-refractivity contribution in [2.24, 2.45) is 0 Å². The number of carbonyl (C=O) groups is 2. The van der Waals surface area contributed by atoms with Crippen molar-refractivity contribution in [2.75, 3.05) is 0 Å². The number of furan rings is 1. The molecule has 0 bridgehead atoms. The summed E-state index contributed by atoms with van der Waals surface area (Å²) in [5, 5.41) is 5.74. The molecule has 1 aliphatic rings. The van der Waals surface area contributed by atoms with Crippen LogP contribution in [0.5, 0.6) is 0 Å². The van der Waals surface area contributed by atoms with E-state index in [1.165, 1.54) is 12.3 Å². The Hall–Kier alpha value is -3.41. The third-order valence-electron chi connectivity index (χ3n) is 5.18. The van der Waals surface area contributed by atoms with Crippen LogP contribution in [0.2, 0.25) is 0 Å². The molecule has 29 heavy (non-hydrogen) atoms. The highest BCUT2D eigenvalue weighted by Crippen LogP contribution is 2.32. The molecule has 0 spiro atoms. The maximum absolute atomic E-state index is 14.0. The molecular weight excluding hydrogens is 371 g/mol. The molecule has 1 aromatic heterocycles. The summed E-state index contributed by atoms with van der Waals surface area (Å²) in [7, 11) is 0. The molecule has 3 aromatic rings.